The summed E-state index contributed by atoms with van der Waals surface area (Å²) in [7, 11) is -2.66. The third kappa shape index (κ3) is 2.47. The summed E-state index contributed by atoms with van der Waals surface area (Å²) in [6.45, 7) is 1.33. The number of nitro benzene ring substituents is 1. The van der Waals surface area contributed by atoms with Gasteiger partial charge in [0.15, 0.2) is 4.90 Å². The predicted octanol–water partition coefficient (Wildman–Crippen LogP) is 0.359. The average Bonchev–Trinajstić information content (AvgIpc) is 2.34. The molecule has 0 aliphatic carbocycles. The van der Waals surface area contributed by atoms with Crippen LogP contribution in [0.5, 0.6) is 5.75 Å². The monoisotopic (exact) mass is 302 g/mol. The number of sulfonamides is 1. The van der Waals surface area contributed by atoms with Gasteiger partial charge in [-0.15, -0.1) is 0 Å². The third-order valence-corrected chi connectivity index (χ3v) is 4.85. The number of ether oxygens (including phenoxy) is 1. The first-order valence-corrected chi connectivity index (χ1v) is 7.16. The van der Waals surface area contributed by atoms with Gasteiger partial charge in [0.2, 0.25) is 10.0 Å². The first-order chi connectivity index (χ1) is 9.17. The summed E-state index contributed by atoms with van der Waals surface area (Å²) in [6.07, 6.45) is 0. The minimum absolute atomic E-state index is 0.0848. The van der Waals surface area contributed by atoms with E-state index in [1.54, 1.807) is 0 Å². The van der Waals surface area contributed by atoms with Crippen molar-refractivity contribution in [2.45, 2.75) is 17.4 Å². The summed E-state index contributed by atoms with van der Waals surface area (Å²) in [5.41, 5.74) is -1.63. The first kappa shape index (κ1) is 14.7. The molecule has 1 N–H and O–H groups in total. The zero-order valence-electron chi connectivity index (χ0n) is 10.9. The molecule has 1 aromatic rings. The van der Waals surface area contributed by atoms with Gasteiger partial charge in [-0.1, -0.05) is 0 Å². The highest BCUT2D eigenvalue weighted by molar-refractivity contribution is 7.89. The van der Waals surface area contributed by atoms with E-state index in [2.05, 4.69) is 0 Å². The quantitative estimate of drug-likeness (QED) is 0.635. The molecule has 0 saturated carbocycles. The standard InChI is InChI=1S/C11H14N2O6S/c1-11(14)6-12(7-11)20(17,18)10-4-3-8(19-2)5-9(10)13(15)16/h3-5,14H,6-7H2,1-2H3. The van der Waals surface area contributed by atoms with Crippen molar-refractivity contribution in [2.75, 3.05) is 20.2 Å². The summed E-state index contributed by atoms with van der Waals surface area (Å²) in [5, 5.41) is 20.6. The van der Waals surface area contributed by atoms with Gasteiger partial charge in [-0.25, -0.2) is 8.42 Å². The topological polar surface area (TPSA) is 110 Å². The van der Waals surface area contributed by atoms with Gasteiger partial charge in [-0.05, 0) is 19.1 Å². The van der Waals surface area contributed by atoms with Gasteiger partial charge in [0.25, 0.3) is 5.69 Å². The Labute approximate surface area is 115 Å². The van der Waals surface area contributed by atoms with Crippen LogP contribution < -0.4 is 4.74 Å². The molecule has 20 heavy (non-hydrogen) atoms. The molecule has 110 valence electrons. The molecule has 0 radical (unpaired) electrons. The van der Waals surface area contributed by atoms with E-state index in [0.717, 1.165) is 16.4 Å². The van der Waals surface area contributed by atoms with Crippen LogP contribution >= 0.6 is 0 Å². The van der Waals surface area contributed by atoms with Crippen LogP contribution in [0.1, 0.15) is 6.92 Å². The molecule has 2 rings (SSSR count). The molecule has 8 nitrogen and oxygen atoms in total. The Kier molecular flexibility index (Phi) is 3.44. The Bertz CT molecular complexity index is 647. The number of hydrogen-bond acceptors (Lipinski definition) is 6. The highest BCUT2D eigenvalue weighted by Crippen LogP contribution is 2.34. The molecule has 0 amide bonds. The number of nitro groups is 1. The fraction of sp³-hybridized carbons (Fsp3) is 0.455. The molecule has 1 aromatic carbocycles. The number of nitrogens with zero attached hydrogens (tertiary/aromatic N) is 2. The molecule has 0 unspecified atom stereocenters. The van der Waals surface area contributed by atoms with E-state index in [4.69, 9.17) is 4.74 Å². The SMILES string of the molecule is COc1ccc(S(=O)(=O)N2CC(C)(O)C2)c([N+](=O)[O-])c1. The number of β-amino-alcohol motifs (C(OH)–C–C–N with tert-alkyl or cyclic N) is 1. The minimum atomic E-state index is -4.00. The van der Waals surface area contributed by atoms with Gasteiger partial charge in [-0.2, -0.15) is 4.31 Å². The summed E-state index contributed by atoms with van der Waals surface area (Å²) in [4.78, 5) is 9.84. The van der Waals surface area contributed by atoms with Crippen molar-refractivity contribution >= 4 is 15.7 Å². The maximum Gasteiger partial charge on any atom is 0.293 e. The minimum Gasteiger partial charge on any atom is -0.497 e. The van der Waals surface area contributed by atoms with Crippen LogP contribution in [0.25, 0.3) is 0 Å². The van der Waals surface area contributed by atoms with Crippen molar-refractivity contribution in [3.63, 3.8) is 0 Å². The van der Waals surface area contributed by atoms with Gasteiger partial charge >= 0.3 is 0 Å². The molecular weight excluding hydrogens is 288 g/mol. The number of aliphatic hydroxyl groups is 1. The van der Waals surface area contributed by atoms with E-state index >= 15 is 0 Å². The van der Waals surface area contributed by atoms with Crippen molar-refractivity contribution in [3.8, 4) is 5.75 Å². The van der Waals surface area contributed by atoms with Crippen LogP contribution in [0.4, 0.5) is 5.69 Å². The van der Waals surface area contributed by atoms with E-state index in [-0.39, 0.29) is 18.8 Å². The van der Waals surface area contributed by atoms with Crippen LogP contribution in [-0.2, 0) is 10.0 Å². The third-order valence-electron chi connectivity index (χ3n) is 3.01. The van der Waals surface area contributed by atoms with Gasteiger partial charge < -0.3 is 9.84 Å². The molecule has 9 heteroatoms. The van der Waals surface area contributed by atoms with Crippen LogP contribution in [0, 0.1) is 10.1 Å². The summed E-state index contributed by atoms with van der Waals surface area (Å²) >= 11 is 0. The van der Waals surface area contributed by atoms with Crippen molar-refractivity contribution in [2.24, 2.45) is 0 Å². The lowest BCUT2D eigenvalue weighted by Crippen LogP contribution is -2.61. The average molecular weight is 302 g/mol. The van der Waals surface area contributed by atoms with E-state index < -0.39 is 31.1 Å². The van der Waals surface area contributed by atoms with Crippen LogP contribution in [0.3, 0.4) is 0 Å². The Morgan fingerprint density at radius 3 is 2.50 bits per heavy atom. The number of methoxy groups -OCH3 is 1. The second-order valence-corrected chi connectivity index (χ2v) is 6.77. The molecule has 0 aromatic heterocycles. The second-order valence-electron chi connectivity index (χ2n) is 4.86. The number of benzene rings is 1. The maximum absolute atomic E-state index is 12.3. The Morgan fingerprint density at radius 1 is 1.45 bits per heavy atom. The fourth-order valence-electron chi connectivity index (χ4n) is 2.01. The molecule has 1 aliphatic heterocycles. The number of hydrogen-bond donors (Lipinski definition) is 1. The molecule has 1 saturated heterocycles. The molecule has 0 bridgehead atoms. The van der Waals surface area contributed by atoms with Crippen molar-refractivity contribution in [3.05, 3.63) is 28.3 Å². The van der Waals surface area contributed by atoms with E-state index in [1.807, 2.05) is 0 Å². The largest absolute Gasteiger partial charge is 0.497 e. The summed E-state index contributed by atoms with van der Waals surface area (Å²) < 4.78 is 30.4. The van der Waals surface area contributed by atoms with Gasteiger partial charge in [0.05, 0.1) is 23.7 Å². The smallest absolute Gasteiger partial charge is 0.293 e. The van der Waals surface area contributed by atoms with Crippen LogP contribution in [0.15, 0.2) is 23.1 Å². The van der Waals surface area contributed by atoms with Crippen molar-refractivity contribution in [1.82, 2.24) is 4.31 Å². The lowest BCUT2D eigenvalue weighted by atomic mass is 10.0. The molecule has 1 aliphatic rings. The highest BCUT2D eigenvalue weighted by Gasteiger charge is 2.45. The van der Waals surface area contributed by atoms with E-state index in [0.29, 0.717) is 0 Å². The zero-order valence-corrected chi connectivity index (χ0v) is 11.8. The molecule has 0 spiro atoms. The lowest BCUT2D eigenvalue weighted by molar-refractivity contribution is -0.388. The summed E-state index contributed by atoms with van der Waals surface area (Å²) in [5.74, 6) is 0.200. The molecule has 1 fully saturated rings. The Balaban J connectivity index is 2.44. The van der Waals surface area contributed by atoms with Crippen LogP contribution in [-0.4, -0.2) is 48.6 Å². The Hall–Kier alpha value is -1.71. The van der Waals surface area contributed by atoms with Gasteiger partial charge in [-0.3, -0.25) is 10.1 Å². The van der Waals surface area contributed by atoms with Crippen molar-refractivity contribution < 1.29 is 23.2 Å². The lowest BCUT2D eigenvalue weighted by Gasteiger charge is -2.42. The van der Waals surface area contributed by atoms with Gasteiger partial charge in [0, 0.05) is 13.1 Å². The highest BCUT2D eigenvalue weighted by atomic mass is 32.2. The maximum atomic E-state index is 12.3. The fourth-order valence-corrected chi connectivity index (χ4v) is 3.82. The zero-order chi connectivity index (χ0) is 15.1. The van der Waals surface area contributed by atoms with Crippen molar-refractivity contribution in [1.29, 1.82) is 0 Å². The van der Waals surface area contributed by atoms with E-state index in [9.17, 15) is 23.6 Å². The Morgan fingerprint density at radius 2 is 2.05 bits per heavy atom. The summed E-state index contributed by atoms with van der Waals surface area (Å²) in [6, 6.07) is 3.54. The normalized spacial score (nSPS) is 18.4. The second kappa shape index (κ2) is 4.69. The molecular formula is C11H14N2O6S. The van der Waals surface area contributed by atoms with Crippen LogP contribution in [0.2, 0.25) is 0 Å². The number of rotatable bonds is 4. The first-order valence-electron chi connectivity index (χ1n) is 5.72. The van der Waals surface area contributed by atoms with Gasteiger partial charge in [0.1, 0.15) is 5.75 Å². The van der Waals surface area contributed by atoms with E-state index in [1.165, 1.54) is 20.1 Å². The predicted molar refractivity (Wildman–Crippen MR) is 69.0 cm³/mol. The molecule has 0 atom stereocenters. The molecule has 1 heterocycles.